The molecule has 1 nitrogen and oxygen atoms in total. The summed E-state index contributed by atoms with van der Waals surface area (Å²) in [4.78, 5) is 2.56. The number of hydrogen-bond donors (Lipinski definition) is 0. The molecule has 0 saturated carbocycles. The van der Waals surface area contributed by atoms with Gasteiger partial charge in [-0.25, -0.2) is 0 Å². The van der Waals surface area contributed by atoms with Crippen LogP contribution in [0.4, 0.5) is 0 Å². The van der Waals surface area contributed by atoms with E-state index < -0.39 is 0 Å². The molecule has 0 bridgehead atoms. The molecule has 0 aromatic heterocycles. The molecule has 0 spiro atoms. The highest BCUT2D eigenvalue weighted by Gasteiger charge is 2.17. The first kappa shape index (κ1) is 9.79. The molecular formula is C11H21N. The average Bonchev–Trinajstić information content (AvgIpc) is 2.17. The van der Waals surface area contributed by atoms with Gasteiger partial charge in [-0.15, -0.1) is 0 Å². The van der Waals surface area contributed by atoms with Gasteiger partial charge >= 0.3 is 0 Å². The Morgan fingerprint density at radius 1 is 1.33 bits per heavy atom. The van der Waals surface area contributed by atoms with Crippen molar-refractivity contribution in [2.45, 2.75) is 45.6 Å². The fourth-order valence-electron chi connectivity index (χ4n) is 1.86. The zero-order chi connectivity index (χ0) is 8.97. The summed E-state index contributed by atoms with van der Waals surface area (Å²) < 4.78 is 0. The smallest absolute Gasteiger partial charge is 0.0276 e. The molecule has 1 aliphatic heterocycles. The fraction of sp³-hybridized carbons (Fsp3) is 0.818. The summed E-state index contributed by atoms with van der Waals surface area (Å²) in [7, 11) is 0. The number of likely N-dealkylation sites (tertiary alicyclic amines) is 1. The molecule has 70 valence electrons. The van der Waals surface area contributed by atoms with Crippen molar-refractivity contribution in [3.05, 3.63) is 12.2 Å². The maximum absolute atomic E-state index is 4.11. The second-order valence-corrected chi connectivity index (χ2v) is 3.78. The van der Waals surface area contributed by atoms with Gasteiger partial charge in [0, 0.05) is 6.04 Å². The van der Waals surface area contributed by atoms with E-state index in [1.165, 1.54) is 37.9 Å². The minimum atomic E-state index is 0.607. The molecule has 0 aromatic carbocycles. The van der Waals surface area contributed by atoms with Crippen molar-refractivity contribution in [1.82, 2.24) is 4.90 Å². The standard InChI is InChI=1S/C11H21N/c1-4-10(2)11(3)12-8-6-5-7-9-12/h11H,2,4-9H2,1,3H3. The first-order valence-electron chi connectivity index (χ1n) is 5.17. The molecule has 1 saturated heterocycles. The van der Waals surface area contributed by atoms with Crippen LogP contribution in [0.5, 0.6) is 0 Å². The van der Waals surface area contributed by atoms with E-state index in [4.69, 9.17) is 0 Å². The van der Waals surface area contributed by atoms with Crippen LogP contribution < -0.4 is 0 Å². The maximum atomic E-state index is 4.11. The van der Waals surface area contributed by atoms with Gasteiger partial charge < -0.3 is 0 Å². The Bertz CT molecular complexity index is 145. The third-order valence-corrected chi connectivity index (χ3v) is 2.98. The van der Waals surface area contributed by atoms with Gasteiger partial charge in [0.15, 0.2) is 0 Å². The lowest BCUT2D eigenvalue weighted by atomic mass is 10.0. The van der Waals surface area contributed by atoms with E-state index in [0.717, 1.165) is 6.42 Å². The summed E-state index contributed by atoms with van der Waals surface area (Å²) in [6.07, 6.45) is 5.29. The van der Waals surface area contributed by atoms with Crippen LogP contribution in [0.1, 0.15) is 39.5 Å². The van der Waals surface area contributed by atoms with Crippen LogP contribution in [0.3, 0.4) is 0 Å². The molecule has 1 heteroatoms. The van der Waals surface area contributed by atoms with Gasteiger partial charge in [-0.3, -0.25) is 4.90 Å². The topological polar surface area (TPSA) is 3.24 Å². The minimum absolute atomic E-state index is 0.607. The van der Waals surface area contributed by atoms with Crippen LogP contribution >= 0.6 is 0 Å². The monoisotopic (exact) mass is 167 g/mol. The molecule has 0 amide bonds. The number of nitrogens with zero attached hydrogens (tertiary/aromatic N) is 1. The van der Waals surface area contributed by atoms with Crippen LogP contribution in [-0.2, 0) is 0 Å². The maximum Gasteiger partial charge on any atom is 0.0276 e. The van der Waals surface area contributed by atoms with Gasteiger partial charge in [0.1, 0.15) is 0 Å². The summed E-state index contributed by atoms with van der Waals surface area (Å²) in [6.45, 7) is 11.1. The molecule has 1 heterocycles. The first-order valence-corrected chi connectivity index (χ1v) is 5.17. The molecular weight excluding hydrogens is 146 g/mol. The molecule has 1 fully saturated rings. The van der Waals surface area contributed by atoms with Crippen LogP contribution in [-0.4, -0.2) is 24.0 Å². The highest BCUT2D eigenvalue weighted by atomic mass is 15.2. The van der Waals surface area contributed by atoms with Crippen LogP contribution in [0.15, 0.2) is 12.2 Å². The highest BCUT2D eigenvalue weighted by molar-refractivity contribution is 5.03. The molecule has 1 rings (SSSR count). The van der Waals surface area contributed by atoms with Crippen LogP contribution in [0, 0.1) is 0 Å². The molecule has 0 aliphatic carbocycles. The second kappa shape index (κ2) is 4.66. The van der Waals surface area contributed by atoms with E-state index in [9.17, 15) is 0 Å². The number of hydrogen-bond acceptors (Lipinski definition) is 1. The Morgan fingerprint density at radius 3 is 2.42 bits per heavy atom. The van der Waals surface area contributed by atoms with Crippen molar-refractivity contribution < 1.29 is 0 Å². The molecule has 0 N–H and O–H groups in total. The van der Waals surface area contributed by atoms with Gasteiger partial charge in [0.25, 0.3) is 0 Å². The van der Waals surface area contributed by atoms with Crippen LogP contribution in [0.2, 0.25) is 0 Å². The summed E-state index contributed by atoms with van der Waals surface area (Å²) in [5.74, 6) is 0. The van der Waals surface area contributed by atoms with Crippen LogP contribution in [0.25, 0.3) is 0 Å². The van der Waals surface area contributed by atoms with Gasteiger partial charge in [0.05, 0.1) is 0 Å². The summed E-state index contributed by atoms with van der Waals surface area (Å²) in [6, 6.07) is 0.607. The third kappa shape index (κ3) is 2.34. The summed E-state index contributed by atoms with van der Waals surface area (Å²) >= 11 is 0. The van der Waals surface area contributed by atoms with Crippen molar-refractivity contribution in [3.63, 3.8) is 0 Å². The van der Waals surface area contributed by atoms with Crippen molar-refractivity contribution in [3.8, 4) is 0 Å². The van der Waals surface area contributed by atoms with Gasteiger partial charge in [-0.2, -0.15) is 0 Å². The van der Waals surface area contributed by atoms with E-state index in [1.807, 2.05) is 0 Å². The lowest BCUT2D eigenvalue weighted by molar-refractivity contribution is 0.192. The average molecular weight is 167 g/mol. The number of rotatable bonds is 3. The van der Waals surface area contributed by atoms with E-state index in [2.05, 4.69) is 25.3 Å². The van der Waals surface area contributed by atoms with Crippen molar-refractivity contribution in [2.75, 3.05) is 13.1 Å². The molecule has 0 radical (unpaired) electrons. The minimum Gasteiger partial charge on any atom is -0.297 e. The molecule has 1 aliphatic rings. The van der Waals surface area contributed by atoms with Gasteiger partial charge in [-0.1, -0.05) is 25.5 Å². The summed E-state index contributed by atoms with van der Waals surface area (Å²) in [5, 5.41) is 0. The van der Waals surface area contributed by atoms with Gasteiger partial charge in [0.2, 0.25) is 0 Å². The van der Waals surface area contributed by atoms with E-state index in [-0.39, 0.29) is 0 Å². The van der Waals surface area contributed by atoms with E-state index in [0.29, 0.717) is 6.04 Å². The normalized spacial score (nSPS) is 22.2. The van der Waals surface area contributed by atoms with Gasteiger partial charge in [-0.05, 0) is 39.3 Å². The zero-order valence-corrected chi connectivity index (χ0v) is 8.47. The van der Waals surface area contributed by atoms with Crippen molar-refractivity contribution in [2.24, 2.45) is 0 Å². The molecule has 1 unspecified atom stereocenters. The molecule has 1 atom stereocenters. The molecule has 12 heavy (non-hydrogen) atoms. The van der Waals surface area contributed by atoms with Crippen molar-refractivity contribution in [1.29, 1.82) is 0 Å². The quantitative estimate of drug-likeness (QED) is 0.584. The Balaban J connectivity index is 2.39. The lowest BCUT2D eigenvalue weighted by Gasteiger charge is -2.33. The van der Waals surface area contributed by atoms with E-state index >= 15 is 0 Å². The Morgan fingerprint density at radius 2 is 1.92 bits per heavy atom. The van der Waals surface area contributed by atoms with E-state index in [1.54, 1.807) is 0 Å². The second-order valence-electron chi connectivity index (χ2n) is 3.78. The predicted octanol–water partition coefficient (Wildman–Crippen LogP) is 2.83. The SMILES string of the molecule is C=C(CC)C(C)N1CCCCC1. The Labute approximate surface area is 76.5 Å². The summed E-state index contributed by atoms with van der Waals surface area (Å²) in [5.41, 5.74) is 1.39. The third-order valence-electron chi connectivity index (χ3n) is 2.98. The fourth-order valence-corrected chi connectivity index (χ4v) is 1.86. The Kier molecular flexibility index (Phi) is 3.80. The zero-order valence-electron chi connectivity index (χ0n) is 8.47. The first-order chi connectivity index (χ1) is 5.75. The largest absolute Gasteiger partial charge is 0.297 e. The lowest BCUT2D eigenvalue weighted by Crippen LogP contribution is -2.38. The molecule has 0 aromatic rings. The van der Waals surface area contributed by atoms with Crippen molar-refractivity contribution >= 4 is 0 Å². The number of piperidine rings is 1. The predicted molar refractivity (Wildman–Crippen MR) is 54.3 cm³/mol. The Hall–Kier alpha value is -0.300. The highest BCUT2D eigenvalue weighted by Crippen LogP contribution is 2.17.